The summed E-state index contributed by atoms with van der Waals surface area (Å²) in [6.07, 6.45) is 2.12. The zero-order valence-electron chi connectivity index (χ0n) is 5.05. The summed E-state index contributed by atoms with van der Waals surface area (Å²) in [6, 6.07) is 0. The van der Waals surface area contributed by atoms with Crippen molar-refractivity contribution in [3.63, 3.8) is 0 Å². The van der Waals surface area contributed by atoms with Crippen LogP contribution in [0.4, 0.5) is 0 Å². The normalized spacial score (nSPS) is 29.6. The molecule has 0 aromatic carbocycles. The molecule has 0 aromatic rings. The molecule has 1 aliphatic heterocycles. The Morgan fingerprint density at radius 3 is 2.88 bits per heavy atom. The monoisotopic (exact) mass is 112 g/mol. The third-order valence-electron chi connectivity index (χ3n) is 1.48. The summed E-state index contributed by atoms with van der Waals surface area (Å²) in [6.45, 7) is 2.69. The Morgan fingerprint density at radius 1 is 1.75 bits per heavy atom. The molecule has 0 aliphatic carbocycles. The van der Waals surface area contributed by atoms with E-state index in [0.29, 0.717) is 0 Å². The van der Waals surface area contributed by atoms with E-state index in [1.807, 2.05) is 6.92 Å². The van der Waals surface area contributed by atoms with Gasteiger partial charge in [0.05, 0.1) is 0 Å². The molecule has 1 radical (unpaired) electrons. The van der Waals surface area contributed by atoms with Crippen LogP contribution < -0.4 is 5.32 Å². The number of piperidine rings is 1. The van der Waals surface area contributed by atoms with Gasteiger partial charge in [-0.25, -0.2) is 0 Å². The minimum Gasteiger partial charge on any atom is -0.273 e. The minimum absolute atomic E-state index is 0.0938. The summed E-state index contributed by atoms with van der Waals surface area (Å²) < 4.78 is 0. The van der Waals surface area contributed by atoms with Gasteiger partial charge in [0.2, 0.25) is 5.91 Å². The number of amides is 1. The molecular weight excluding hydrogens is 102 g/mol. The van der Waals surface area contributed by atoms with E-state index in [-0.39, 0.29) is 11.8 Å². The van der Waals surface area contributed by atoms with Gasteiger partial charge in [0.15, 0.2) is 0 Å². The first-order valence-electron chi connectivity index (χ1n) is 3.02. The summed E-state index contributed by atoms with van der Waals surface area (Å²) in [5.41, 5.74) is 0. The van der Waals surface area contributed by atoms with Gasteiger partial charge in [-0.15, -0.1) is 0 Å². The van der Waals surface area contributed by atoms with E-state index in [9.17, 15) is 4.79 Å². The number of carbonyl (C=O) groups excluding carboxylic acids is 1. The number of rotatable bonds is 0. The largest absolute Gasteiger partial charge is 0.273 e. The van der Waals surface area contributed by atoms with Gasteiger partial charge in [-0.2, -0.15) is 0 Å². The van der Waals surface area contributed by atoms with Gasteiger partial charge in [-0.05, 0) is 12.8 Å². The molecule has 1 heterocycles. The van der Waals surface area contributed by atoms with Crippen molar-refractivity contribution < 1.29 is 4.79 Å². The average Bonchev–Trinajstić information content (AvgIpc) is 1.77. The van der Waals surface area contributed by atoms with Crippen molar-refractivity contribution in [3.8, 4) is 0 Å². The molecule has 0 saturated carbocycles. The van der Waals surface area contributed by atoms with E-state index in [1.54, 1.807) is 0 Å². The van der Waals surface area contributed by atoms with Crippen molar-refractivity contribution in [1.82, 2.24) is 5.32 Å². The average molecular weight is 112 g/mol. The van der Waals surface area contributed by atoms with Crippen molar-refractivity contribution in [2.24, 2.45) is 5.92 Å². The molecule has 0 N–H and O–H groups in total. The SMILES string of the molecule is CC1CCC[N]C1=O. The molecule has 1 saturated heterocycles. The Bertz CT molecular complexity index is 101. The second-order valence-corrected chi connectivity index (χ2v) is 2.26. The van der Waals surface area contributed by atoms with Crippen molar-refractivity contribution >= 4 is 5.91 Å². The van der Waals surface area contributed by atoms with Crippen molar-refractivity contribution in [1.29, 1.82) is 0 Å². The Morgan fingerprint density at radius 2 is 2.50 bits per heavy atom. The van der Waals surface area contributed by atoms with E-state index >= 15 is 0 Å². The fraction of sp³-hybridized carbons (Fsp3) is 0.833. The first-order chi connectivity index (χ1) is 3.80. The lowest BCUT2D eigenvalue weighted by atomic mass is 10.0. The molecule has 8 heavy (non-hydrogen) atoms. The third kappa shape index (κ3) is 0.997. The summed E-state index contributed by atoms with van der Waals surface area (Å²) in [4.78, 5) is 10.6. The second-order valence-electron chi connectivity index (χ2n) is 2.26. The maximum Gasteiger partial charge on any atom is 0.243 e. The summed E-state index contributed by atoms with van der Waals surface area (Å²) in [5.74, 6) is 0.292. The highest BCUT2D eigenvalue weighted by molar-refractivity contribution is 5.78. The van der Waals surface area contributed by atoms with Gasteiger partial charge in [0.1, 0.15) is 0 Å². The lowest BCUT2D eigenvalue weighted by Gasteiger charge is -2.14. The number of hydrogen-bond acceptors (Lipinski definition) is 1. The molecule has 1 aliphatic rings. The molecule has 45 valence electrons. The van der Waals surface area contributed by atoms with E-state index in [4.69, 9.17) is 0 Å². The summed E-state index contributed by atoms with van der Waals surface area (Å²) >= 11 is 0. The van der Waals surface area contributed by atoms with E-state index in [2.05, 4.69) is 5.32 Å². The van der Waals surface area contributed by atoms with Crippen LogP contribution in [0.25, 0.3) is 0 Å². The van der Waals surface area contributed by atoms with Gasteiger partial charge in [0, 0.05) is 12.5 Å². The fourth-order valence-corrected chi connectivity index (χ4v) is 0.866. The van der Waals surface area contributed by atoms with Crippen molar-refractivity contribution in [2.45, 2.75) is 19.8 Å². The Balaban J connectivity index is 2.39. The smallest absolute Gasteiger partial charge is 0.243 e. The van der Waals surface area contributed by atoms with Crippen LogP contribution in [-0.4, -0.2) is 12.5 Å². The van der Waals surface area contributed by atoms with Crippen LogP contribution >= 0.6 is 0 Å². The van der Waals surface area contributed by atoms with Gasteiger partial charge in [-0.3, -0.25) is 10.1 Å². The molecule has 0 aromatic heterocycles. The van der Waals surface area contributed by atoms with Gasteiger partial charge >= 0.3 is 0 Å². The first kappa shape index (κ1) is 5.60. The zero-order valence-corrected chi connectivity index (χ0v) is 5.05. The van der Waals surface area contributed by atoms with E-state index in [1.165, 1.54) is 0 Å². The highest BCUT2D eigenvalue weighted by Crippen LogP contribution is 2.09. The first-order valence-corrected chi connectivity index (χ1v) is 3.02. The quantitative estimate of drug-likeness (QED) is 0.450. The van der Waals surface area contributed by atoms with E-state index < -0.39 is 0 Å². The lowest BCUT2D eigenvalue weighted by Crippen LogP contribution is -2.28. The van der Waals surface area contributed by atoms with E-state index in [0.717, 1.165) is 19.4 Å². The van der Waals surface area contributed by atoms with Crippen LogP contribution in [0.1, 0.15) is 19.8 Å². The standard InChI is InChI=1S/C6H10NO/c1-5-3-2-4-7-6(5)8/h5H,2-4H2,1H3. The Kier molecular flexibility index (Phi) is 1.51. The van der Waals surface area contributed by atoms with Crippen molar-refractivity contribution in [3.05, 3.63) is 0 Å². The Hall–Kier alpha value is -0.530. The highest BCUT2D eigenvalue weighted by atomic mass is 16.1. The van der Waals surface area contributed by atoms with Crippen LogP contribution in [0.3, 0.4) is 0 Å². The molecular formula is C6H10NO. The van der Waals surface area contributed by atoms with Crippen LogP contribution in [0.15, 0.2) is 0 Å². The molecule has 2 heteroatoms. The molecule has 0 bridgehead atoms. The molecule has 1 rings (SSSR count). The minimum atomic E-state index is 0.0938. The lowest BCUT2D eigenvalue weighted by molar-refractivity contribution is -0.126. The number of carbonyl (C=O) groups is 1. The summed E-state index contributed by atoms with van der Waals surface area (Å²) in [7, 11) is 0. The molecule has 0 spiro atoms. The van der Waals surface area contributed by atoms with Crippen LogP contribution in [0.5, 0.6) is 0 Å². The molecule has 1 amide bonds. The molecule has 2 nitrogen and oxygen atoms in total. The van der Waals surface area contributed by atoms with Crippen LogP contribution in [0, 0.1) is 5.92 Å². The summed E-state index contributed by atoms with van der Waals surface area (Å²) in [5, 5.41) is 3.77. The third-order valence-corrected chi connectivity index (χ3v) is 1.48. The van der Waals surface area contributed by atoms with Crippen LogP contribution in [0.2, 0.25) is 0 Å². The van der Waals surface area contributed by atoms with Crippen molar-refractivity contribution in [2.75, 3.05) is 6.54 Å². The predicted octanol–water partition coefficient (Wildman–Crippen LogP) is 0.547. The maximum atomic E-state index is 10.6. The maximum absolute atomic E-state index is 10.6. The van der Waals surface area contributed by atoms with Gasteiger partial charge in [-0.1, -0.05) is 6.92 Å². The highest BCUT2D eigenvalue weighted by Gasteiger charge is 2.17. The zero-order chi connectivity index (χ0) is 5.98. The second kappa shape index (κ2) is 2.16. The fourth-order valence-electron chi connectivity index (χ4n) is 0.866. The van der Waals surface area contributed by atoms with Gasteiger partial charge in [0.25, 0.3) is 0 Å². The molecule has 1 fully saturated rings. The van der Waals surface area contributed by atoms with Gasteiger partial charge < -0.3 is 0 Å². The predicted molar refractivity (Wildman–Crippen MR) is 30.4 cm³/mol. The van der Waals surface area contributed by atoms with Crippen LogP contribution in [-0.2, 0) is 4.79 Å². The number of hydrogen-bond donors (Lipinski definition) is 0. The molecule has 1 unspecified atom stereocenters. The Labute approximate surface area is 49.3 Å². The molecule has 1 atom stereocenters. The number of nitrogens with zero attached hydrogens (tertiary/aromatic N) is 1. The topological polar surface area (TPSA) is 31.2 Å².